The van der Waals surface area contributed by atoms with Crippen LogP contribution in [-0.4, -0.2) is 51.4 Å². The Kier molecular flexibility index (Phi) is 4.74. The monoisotopic (exact) mass is 419 g/mol. The zero-order valence-electron chi connectivity index (χ0n) is 17.3. The topological polar surface area (TPSA) is 87.5 Å². The molecule has 5 rings (SSSR count). The summed E-state index contributed by atoms with van der Waals surface area (Å²) in [4.78, 5) is 28.3. The van der Waals surface area contributed by atoms with E-state index in [9.17, 15) is 9.18 Å². The number of pyridine rings is 1. The van der Waals surface area contributed by atoms with Gasteiger partial charge in [0.15, 0.2) is 11.5 Å². The molecule has 1 atom stereocenters. The summed E-state index contributed by atoms with van der Waals surface area (Å²) in [6.45, 7) is 3.68. The van der Waals surface area contributed by atoms with Crippen molar-refractivity contribution in [1.82, 2.24) is 24.7 Å². The zero-order chi connectivity index (χ0) is 21.5. The van der Waals surface area contributed by atoms with Gasteiger partial charge in [-0.25, -0.2) is 9.37 Å². The number of benzene rings is 1. The standard InChI is InChI=1S/C22H22FN7O/c1-13-11-30-12-14(9-17(23)21(30)27-13)28-22(31)16-3-4-18(20-19(16)25-7-8-26-20)29(2)15-5-6-24-10-15/h3-4,7-9,11-12,15,24H,5-6,10H2,1-2H3,(H,28,31)/t15-/m0/s1. The van der Waals surface area contributed by atoms with Gasteiger partial charge in [-0.05, 0) is 32.0 Å². The Labute approximate surface area is 178 Å². The van der Waals surface area contributed by atoms with E-state index in [1.54, 1.807) is 42.2 Å². The van der Waals surface area contributed by atoms with E-state index >= 15 is 0 Å². The Bertz CT molecular complexity index is 1300. The minimum absolute atomic E-state index is 0.223. The molecule has 9 heteroatoms. The summed E-state index contributed by atoms with van der Waals surface area (Å²) in [6, 6.07) is 5.27. The molecule has 0 aliphatic carbocycles. The third kappa shape index (κ3) is 3.46. The third-order valence-electron chi connectivity index (χ3n) is 5.70. The number of likely N-dealkylation sites (N-methyl/N-ethyl adjacent to an activating group) is 1. The van der Waals surface area contributed by atoms with Crippen LogP contribution in [0, 0.1) is 12.7 Å². The summed E-state index contributed by atoms with van der Waals surface area (Å²) in [7, 11) is 2.03. The van der Waals surface area contributed by atoms with Crippen LogP contribution in [0.25, 0.3) is 16.7 Å². The molecule has 1 aromatic carbocycles. The second kappa shape index (κ2) is 7.59. The highest BCUT2D eigenvalue weighted by molar-refractivity contribution is 6.13. The number of amides is 1. The molecule has 3 aromatic heterocycles. The van der Waals surface area contributed by atoms with Crippen LogP contribution in [0.3, 0.4) is 0 Å². The number of halogens is 1. The molecule has 0 unspecified atom stereocenters. The first kappa shape index (κ1) is 19.4. The van der Waals surface area contributed by atoms with Gasteiger partial charge in [-0.15, -0.1) is 0 Å². The molecule has 1 aliphatic rings. The maximum Gasteiger partial charge on any atom is 0.257 e. The van der Waals surface area contributed by atoms with Crippen LogP contribution < -0.4 is 15.5 Å². The summed E-state index contributed by atoms with van der Waals surface area (Å²) in [5.41, 5.74) is 3.73. The number of nitrogens with zero attached hydrogens (tertiary/aromatic N) is 5. The molecule has 158 valence electrons. The van der Waals surface area contributed by atoms with Crippen molar-refractivity contribution in [1.29, 1.82) is 0 Å². The first-order valence-corrected chi connectivity index (χ1v) is 10.1. The van der Waals surface area contributed by atoms with E-state index in [1.807, 2.05) is 13.1 Å². The highest BCUT2D eigenvalue weighted by atomic mass is 19.1. The molecule has 1 fully saturated rings. The maximum atomic E-state index is 14.4. The molecule has 2 N–H and O–H groups in total. The van der Waals surface area contributed by atoms with Gasteiger partial charge in [-0.3, -0.25) is 14.8 Å². The summed E-state index contributed by atoms with van der Waals surface area (Å²) < 4.78 is 15.9. The number of aryl methyl sites for hydroxylation is 1. The van der Waals surface area contributed by atoms with Crippen molar-refractivity contribution in [3.05, 3.63) is 60.1 Å². The third-order valence-corrected chi connectivity index (χ3v) is 5.70. The maximum absolute atomic E-state index is 14.4. The van der Waals surface area contributed by atoms with Gasteiger partial charge in [0, 0.05) is 50.5 Å². The first-order chi connectivity index (χ1) is 15.0. The van der Waals surface area contributed by atoms with Gasteiger partial charge in [0.1, 0.15) is 11.0 Å². The van der Waals surface area contributed by atoms with Crippen LogP contribution in [0.15, 0.2) is 43.0 Å². The second-order valence-electron chi connectivity index (χ2n) is 7.79. The number of nitrogens with one attached hydrogen (secondary N) is 2. The minimum Gasteiger partial charge on any atom is -0.368 e. The lowest BCUT2D eigenvalue weighted by Crippen LogP contribution is -2.33. The molecule has 0 radical (unpaired) electrons. The van der Waals surface area contributed by atoms with Crippen molar-refractivity contribution in [3.63, 3.8) is 0 Å². The number of rotatable bonds is 4. The normalized spacial score (nSPS) is 16.2. The molecule has 0 spiro atoms. The number of fused-ring (bicyclic) bond motifs is 2. The van der Waals surface area contributed by atoms with Gasteiger partial charge in [0.05, 0.1) is 22.6 Å². The van der Waals surface area contributed by atoms with E-state index in [2.05, 4.69) is 30.5 Å². The fraction of sp³-hybridized carbons (Fsp3) is 0.273. The number of anilines is 2. The van der Waals surface area contributed by atoms with Crippen LogP contribution >= 0.6 is 0 Å². The predicted molar refractivity (Wildman–Crippen MR) is 117 cm³/mol. The lowest BCUT2D eigenvalue weighted by molar-refractivity contribution is 0.102. The number of aromatic nitrogens is 4. The number of carbonyl (C=O) groups is 1. The largest absolute Gasteiger partial charge is 0.368 e. The van der Waals surface area contributed by atoms with E-state index < -0.39 is 5.82 Å². The zero-order valence-corrected chi connectivity index (χ0v) is 17.3. The summed E-state index contributed by atoms with van der Waals surface area (Å²) >= 11 is 0. The second-order valence-corrected chi connectivity index (χ2v) is 7.79. The molecular formula is C22H22FN7O. The Morgan fingerprint density at radius 3 is 2.84 bits per heavy atom. The van der Waals surface area contributed by atoms with Gasteiger partial charge in [-0.1, -0.05) is 0 Å². The van der Waals surface area contributed by atoms with E-state index in [-0.39, 0.29) is 11.6 Å². The molecule has 8 nitrogen and oxygen atoms in total. The fourth-order valence-electron chi connectivity index (χ4n) is 4.12. The summed E-state index contributed by atoms with van der Waals surface area (Å²) in [5, 5.41) is 6.15. The van der Waals surface area contributed by atoms with Gasteiger partial charge >= 0.3 is 0 Å². The molecule has 4 heterocycles. The molecule has 1 saturated heterocycles. The van der Waals surface area contributed by atoms with Crippen LogP contribution in [0.5, 0.6) is 0 Å². The van der Waals surface area contributed by atoms with Crippen molar-refractivity contribution in [2.45, 2.75) is 19.4 Å². The van der Waals surface area contributed by atoms with E-state index in [0.717, 1.165) is 25.2 Å². The molecule has 1 aliphatic heterocycles. The van der Waals surface area contributed by atoms with Crippen LogP contribution in [-0.2, 0) is 0 Å². The predicted octanol–water partition coefficient (Wildman–Crippen LogP) is 2.78. The van der Waals surface area contributed by atoms with Gasteiger partial charge in [0.25, 0.3) is 5.91 Å². The van der Waals surface area contributed by atoms with Crippen molar-refractivity contribution < 1.29 is 9.18 Å². The SMILES string of the molecule is Cc1cn2cc(NC(=O)c3ccc(N(C)[C@H]4CCNC4)c4nccnc34)cc(F)c2n1. The smallest absolute Gasteiger partial charge is 0.257 e. The number of hydrogen-bond acceptors (Lipinski definition) is 6. The molecule has 31 heavy (non-hydrogen) atoms. The lowest BCUT2D eigenvalue weighted by atomic mass is 10.1. The Balaban J connectivity index is 1.50. The summed E-state index contributed by atoms with van der Waals surface area (Å²) in [6.07, 6.45) is 7.58. The van der Waals surface area contributed by atoms with Gasteiger partial charge in [0.2, 0.25) is 0 Å². The van der Waals surface area contributed by atoms with Crippen molar-refractivity contribution in [2.75, 3.05) is 30.4 Å². The van der Waals surface area contributed by atoms with E-state index in [0.29, 0.717) is 34.0 Å². The summed E-state index contributed by atoms with van der Waals surface area (Å²) in [5.74, 6) is -0.879. The number of imidazole rings is 1. The molecule has 4 aromatic rings. The van der Waals surface area contributed by atoms with Crippen molar-refractivity contribution in [2.24, 2.45) is 0 Å². The minimum atomic E-state index is -0.502. The number of carbonyl (C=O) groups excluding carboxylic acids is 1. The fourth-order valence-corrected chi connectivity index (χ4v) is 4.12. The highest BCUT2D eigenvalue weighted by Gasteiger charge is 2.23. The van der Waals surface area contributed by atoms with E-state index in [1.165, 1.54) is 6.07 Å². The molecule has 0 saturated carbocycles. The Morgan fingerprint density at radius 2 is 2.06 bits per heavy atom. The van der Waals surface area contributed by atoms with E-state index in [4.69, 9.17) is 0 Å². The quantitative estimate of drug-likeness (QED) is 0.529. The van der Waals surface area contributed by atoms with Crippen LogP contribution in [0.1, 0.15) is 22.5 Å². The van der Waals surface area contributed by atoms with Gasteiger partial charge in [-0.2, -0.15) is 0 Å². The average Bonchev–Trinajstić information content (AvgIpc) is 3.42. The molecule has 0 bridgehead atoms. The molecule has 1 amide bonds. The van der Waals surface area contributed by atoms with Crippen LogP contribution in [0.4, 0.5) is 15.8 Å². The highest BCUT2D eigenvalue weighted by Crippen LogP contribution is 2.29. The van der Waals surface area contributed by atoms with Gasteiger partial charge < -0.3 is 19.9 Å². The van der Waals surface area contributed by atoms with Crippen molar-refractivity contribution >= 4 is 34.0 Å². The molecular weight excluding hydrogens is 397 g/mol. The first-order valence-electron chi connectivity index (χ1n) is 10.1. The lowest BCUT2D eigenvalue weighted by Gasteiger charge is -2.27. The van der Waals surface area contributed by atoms with Crippen LogP contribution in [0.2, 0.25) is 0 Å². The Hall–Kier alpha value is -3.59. The average molecular weight is 419 g/mol. The number of hydrogen-bond donors (Lipinski definition) is 2. The van der Waals surface area contributed by atoms with Crippen molar-refractivity contribution in [3.8, 4) is 0 Å². The Morgan fingerprint density at radius 1 is 1.26 bits per heavy atom.